The first-order valence-electron chi connectivity index (χ1n) is 5.03. The van der Waals surface area contributed by atoms with Crippen molar-refractivity contribution in [3.05, 3.63) is 64.4 Å². The van der Waals surface area contributed by atoms with Gasteiger partial charge in [-0.05, 0) is 24.1 Å². The average molecular weight is 234 g/mol. The minimum Gasteiger partial charge on any atom is -0.384 e. The Kier molecular flexibility index (Phi) is 3.22. The monoisotopic (exact) mass is 233 g/mol. The van der Waals surface area contributed by atoms with Crippen molar-refractivity contribution in [2.24, 2.45) is 0 Å². The van der Waals surface area contributed by atoms with Crippen LogP contribution in [0.3, 0.4) is 0 Å². The first kappa shape index (κ1) is 11.1. The second-order valence-corrected chi connectivity index (χ2v) is 4.06. The van der Waals surface area contributed by atoms with Gasteiger partial charge in [-0.15, -0.1) is 0 Å². The van der Waals surface area contributed by atoms with Gasteiger partial charge in [0.1, 0.15) is 11.3 Å². The molecule has 0 saturated heterocycles. The fraction of sp³-hybridized carbons (Fsp3) is 0.154. The van der Waals surface area contributed by atoms with E-state index in [1.807, 2.05) is 31.2 Å². The summed E-state index contributed by atoms with van der Waals surface area (Å²) in [5.41, 5.74) is 2.70. The lowest BCUT2D eigenvalue weighted by molar-refractivity contribution is 0.219. The number of halogens is 1. The maximum absolute atomic E-state index is 10.2. The van der Waals surface area contributed by atoms with Crippen molar-refractivity contribution in [1.29, 1.82) is 0 Å². The predicted molar refractivity (Wildman–Crippen MR) is 64.5 cm³/mol. The Labute approximate surface area is 99.5 Å². The van der Waals surface area contributed by atoms with Gasteiger partial charge in [-0.25, -0.2) is 4.98 Å². The fourth-order valence-electron chi connectivity index (χ4n) is 1.62. The number of benzene rings is 1. The Bertz CT molecular complexity index is 482. The highest BCUT2D eigenvalue weighted by Gasteiger charge is 2.12. The lowest BCUT2D eigenvalue weighted by atomic mass is 9.99. The van der Waals surface area contributed by atoms with Crippen LogP contribution in [-0.4, -0.2) is 10.1 Å². The summed E-state index contributed by atoms with van der Waals surface area (Å²) in [5, 5.41) is 10.6. The van der Waals surface area contributed by atoms with E-state index in [2.05, 4.69) is 4.98 Å². The molecule has 0 spiro atoms. The van der Waals surface area contributed by atoms with Crippen LogP contribution in [-0.2, 0) is 0 Å². The number of hydrogen-bond acceptors (Lipinski definition) is 2. The molecule has 0 amide bonds. The van der Waals surface area contributed by atoms with Crippen LogP contribution >= 0.6 is 11.6 Å². The number of aryl methyl sites for hydroxylation is 1. The van der Waals surface area contributed by atoms with Gasteiger partial charge < -0.3 is 5.11 Å². The zero-order valence-corrected chi connectivity index (χ0v) is 9.65. The minimum atomic E-state index is -0.647. The maximum Gasteiger partial charge on any atom is 0.129 e. The normalized spacial score (nSPS) is 12.4. The molecular weight excluding hydrogens is 222 g/mol. The molecule has 0 saturated carbocycles. The molecule has 0 bridgehead atoms. The summed E-state index contributed by atoms with van der Waals surface area (Å²) in [6.07, 6.45) is 0.949. The quantitative estimate of drug-likeness (QED) is 0.809. The minimum absolute atomic E-state index is 0.431. The third-order valence-corrected chi connectivity index (χ3v) is 2.77. The molecule has 2 nitrogen and oxygen atoms in total. The topological polar surface area (TPSA) is 33.1 Å². The van der Waals surface area contributed by atoms with Crippen LogP contribution in [0.2, 0.25) is 5.15 Å². The molecule has 1 unspecified atom stereocenters. The number of pyridine rings is 1. The van der Waals surface area contributed by atoms with E-state index in [1.165, 1.54) is 0 Å². The van der Waals surface area contributed by atoms with Crippen molar-refractivity contribution in [2.75, 3.05) is 0 Å². The van der Waals surface area contributed by atoms with E-state index in [0.29, 0.717) is 5.15 Å². The molecule has 1 aromatic heterocycles. The van der Waals surface area contributed by atoms with Crippen molar-refractivity contribution in [3.63, 3.8) is 0 Å². The zero-order chi connectivity index (χ0) is 11.5. The number of aromatic nitrogens is 1. The number of aliphatic hydroxyl groups excluding tert-OH is 1. The van der Waals surface area contributed by atoms with E-state index in [0.717, 1.165) is 16.7 Å². The number of rotatable bonds is 2. The highest BCUT2D eigenvalue weighted by Crippen LogP contribution is 2.24. The lowest BCUT2D eigenvalue weighted by Gasteiger charge is -2.13. The molecule has 1 N–H and O–H groups in total. The largest absolute Gasteiger partial charge is 0.384 e. The van der Waals surface area contributed by atoms with Gasteiger partial charge in [-0.3, -0.25) is 0 Å². The highest BCUT2D eigenvalue weighted by atomic mass is 35.5. The summed E-state index contributed by atoms with van der Waals surface area (Å²) in [6, 6.07) is 11.2. The summed E-state index contributed by atoms with van der Waals surface area (Å²) >= 11 is 5.70. The third-order valence-electron chi connectivity index (χ3n) is 2.55. The van der Waals surface area contributed by atoms with Gasteiger partial charge in [-0.2, -0.15) is 0 Å². The molecular formula is C13H12ClNO. The Morgan fingerprint density at radius 1 is 1.19 bits per heavy atom. The van der Waals surface area contributed by atoms with Gasteiger partial charge in [0.05, 0.1) is 0 Å². The molecule has 2 aromatic rings. The van der Waals surface area contributed by atoms with E-state index in [-0.39, 0.29) is 0 Å². The molecule has 0 radical (unpaired) electrons. The summed E-state index contributed by atoms with van der Waals surface area (Å²) in [5.74, 6) is 0. The molecule has 0 aliphatic carbocycles. The number of hydrogen-bond donors (Lipinski definition) is 1. The molecule has 3 heteroatoms. The van der Waals surface area contributed by atoms with Crippen molar-refractivity contribution in [2.45, 2.75) is 13.0 Å². The van der Waals surface area contributed by atoms with Gasteiger partial charge in [-0.1, -0.05) is 41.9 Å². The average Bonchev–Trinajstić information content (AvgIpc) is 2.30. The predicted octanol–water partition coefficient (Wildman–Crippen LogP) is 3.13. The summed E-state index contributed by atoms with van der Waals surface area (Å²) in [7, 11) is 0. The molecule has 16 heavy (non-hydrogen) atoms. The SMILES string of the molecule is Cc1ccccc1C(O)c1ccc(Cl)nc1. The Hall–Kier alpha value is -1.38. The summed E-state index contributed by atoms with van der Waals surface area (Å²) in [6.45, 7) is 1.97. The molecule has 0 aliphatic rings. The van der Waals surface area contributed by atoms with Crippen LogP contribution in [0.15, 0.2) is 42.6 Å². The molecule has 1 heterocycles. The van der Waals surface area contributed by atoms with Crippen LogP contribution in [0.1, 0.15) is 22.8 Å². The molecule has 82 valence electrons. The summed E-state index contributed by atoms with van der Waals surface area (Å²) < 4.78 is 0. The number of nitrogens with zero attached hydrogens (tertiary/aromatic N) is 1. The van der Waals surface area contributed by atoms with Gasteiger partial charge in [0.15, 0.2) is 0 Å². The summed E-state index contributed by atoms with van der Waals surface area (Å²) in [4.78, 5) is 3.96. The number of aliphatic hydroxyl groups is 1. The van der Waals surface area contributed by atoms with Crippen LogP contribution in [0.25, 0.3) is 0 Å². The van der Waals surface area contributed by atoms with Crippen molar-refractivity contribution >= 4 is 11.6 Å². The third kappa shape index (κ3) is 2.23. The standard InChI is InChI=1S/C13H12ClNO/c1-9-4-2-3-5-11(9)13(16)10-6-7-12(14)15-8-10/h2-8,13,16H,1H3. The lowest BCUT2D eigenvalue weighted by Crippen LogP contribution is -2.02. The first-order chi connectivity index (χ1) is 7.68. The smallest absolute Gasteiger partial charge is 0.129 e. The Morgan fingerprint density at radius 2 is 1.94 bits per heavy atom. The molecule has 0 aliphatic heterocycles. The van der Waals surface area contributed by atoms with Crippen LogP contribution in [0.4, 0.5) is 0 Å². The van der Waals surface area contributed by atoms with E-state index in [4.69, 9.17) is 11.6 Å². The maximum atomic E-state index is 10.2. The molecule has 0 fully saturated rings. The van der Waals surface area contributed by atoms with Gasteiger partial charge in [0.2, 0.25) is 0 Å². The van der Waals surface area contributed by atoms with Crippen LogP contribution in [0, 0.1) is 6.92 Å². The first-order valence-corrected chi connectivity index (χ1v) is 5.41. The highest BCUT2D eigenvalue weighted by molar-refractivity contribution is 6.29. The second-order valence-electron chi connectivity index (χ2n) is 3.67. The second kappa shape index (κ2) is 4.64. The van der Waals surface area contributed by atoms with Gasteiger partial charge in [0, 0.05) is 11.8 Å². The van der Waals surface area contributed by atoms with E-state index < -0.39 is 6.10 Å². The molecule has 1 atom stereocenters. The van der Waals surface area contributed by atoms with Crippen molar-refractivity contribution in [1.82, 2.24) is 4.98 Å². The fourth-order valence-corrected chi connectivity index (χ4v) is 1.73. The van der Waals surface area contributed by atoms with Gasteiger partial charge >= 0.3 is 0 Å². The van der Waals surface area contributed by atoms with Crippen molar-refractivity contribution < 1.29 is 5.11 Å². The Morgan fingerprint density at radius 3 is 2.56 bits per heavy atom. The van der Waals surface area contributed by atoms with Crippen LogP contribution < -0.4 is 0 Å². The molecule has 2 rings (SSSR count). The Balaban J connectivity index is 2.35. The van der Waals surface area contributed by atoms with E-state index >= 15 is 0 Å². The van der Waals surface area contributed by atoms with Gasteiger partial charge in [0.25, 0.3) is 0 Å². The van der Waals surface area contributed by atoms with E-state index in [1.54, 1.807) is 18.3 Å². The zero-order valence-electron chi connectivity index (χ0n) is 8.89. The van der Waals surface area contributed by atoms with Crippen LogP contribution in [0.5, 0.6) is 0 Å². The molecule has 1 aromatic carbocycles. The van der Waals surface area contributed by atoms with E-state index in [9.17, 15) is 5.11 Å². The van der Waals surface area contributed by atoms with Crippen molar-refractivity contribution in [3.8, 4) is 0 Å².